The van der Waals surface area contributed by atoms with Crippen molar-refractivity contribution in [3.8, 4) is 17.2 Å². The molecule has 2 saturated carbocycles. The monoisotopic (exact) mass is 968 g/mol. The lowest BCUT2D eigenvalue weighted by molar-refractivity contribution is -0.130. The minimum absolute atomic E-state index is 0.0273. The molecule has 0 radical (unpaired) electrons. The highest BCUT2D eigenvalue weighted by molar-refractivity contribution is 8.13. The quantitative estimate of drug-likeness (QED) is 0.0160. The van der Waals surface area contributed by atoms with Crippen molar-refractivity contribution in [2.45, 2.75) is 113 Å². The number of hydrogen-bond donors (Lipinski definition) is 0. The Morgan fingerprint density at radius 1 is 0.913 bits per heavy atom. The van der Waals surface area contributed by atoms with Crippen LogP contribution in [-0.2, 0) is 37.6 Å². The zero-order chi connectivity index (χ0) is 47.9. The van der Waals surface area contributed by atoms with Gasteiger partial charge in [-0.05, 0) is 158 Å². The Hall–Kier alpha value is -5.65. The lowest BCUT2D eigenvalue weighted by Gasteiger charge is -2.29. The fourth-order valence-electron chi connectivity index (χ4n) is 9.39. The van der Waals surface area contributed by atoms with Gasteiger partial charge in [0.25, 0.3) is 5.23 Å². The van der Waals surface area contributed by atoms with Gasteiger partial charge in [0.15, 0.2) is 5.75 Å². The third-order valence-electron chi connectivity index (χ3n) is 13.3. The van der Waals surface area contributed by atoms with Crippen LogP contribution >= 0.6 is 23.5 Å². The molecule has 4 aliphatic rings. The first-order valence-electron chi connectivity index (χ1n) is 24.0. The van der Waals surface area contributed by atoms with Crippen molar-refractivity contribution in [3.05, 3.63) is 142 Å². The lowest BCUT2D eigenvalue weighted by atomic mass is 9.82. The first-order chi connectivity index (χ1) is 33.6. The fourth-order valence-corrected chi connectivity index (χ4v) is 11.0. The van der Waals surface area contributed by atoms with Crippen molar-refractivity contribution >= 4 is 62.8 Å². The maximum absolute atomic E-state index is 14.2. The summed E-state index contributed by atoms with van der Waals surface area (Å²) in [6.07, 6.45) is 9.48. The van der Waals surface area contributed by atoms with Gasteiger partial charge in [0.1, 0.15) is 29.1 Å². The van der Waals surface area contributed by atoms with Crippen molar-refractivity contribution in [2.75, 3.05) is 25.6 Å². The molecular formula is C56H57FN2O8S2. The number of halogens is 1. The van der Waals surface area contributed by atoms with Crippen molar-refractivity contribution in [3.63, 3.8) is 0 Å². The number of rotatable bonds is 18. The van der Waals surface area contributed by atoms with Crippen molar-refractivity contribution < 1.29 is 42.4 Å². The van der Waals surface area contributed by atoms with E-state index in [9.17, 15) is 14.0 Å². The Morgan fingerprint density at radius 3 is 2.49 bits per heavy atom. The van der Waals surface area contributed by atoms with E-state index in [1.54, 1.807) is 24.8 Å². The molecule has 3 unspecified atom stereocenters. The molecule has 2 aliphatic heterocycles. The molecule has 3 atom stereocenters. The van der Waals surface area contributed by atoms with Crippen LogP contribution in [0.3, 0.4) is 0 Å². The van der Waals surface area contributed by atoms with Crippen LogP contribution in [0.2, 0.25) is 0 Å². The predicted octanol–water partition coefficient (Wildman–Crippen LogP) is 13.5. The van der Waals surface area contributed by atoms with Gasteiger partial charge in [-0.2, -0.15) is 0 Å². The zero-order valence-corrected chi connectivity index (χ0v) is 40.8. The summed E-state index contributed by atoms with van der Waals surface area (Å²) in [5.41, 5.74) is 5.37. The van der Waals surface area contributed by atoms with E-state index in [0.29, 0.717) is 90.8 Å². The van der Waals surface area contributed by atoms with Crippen LogP contribution in [0.4, 0.5) is 15.8 Å². The lowest BCUT2D eigenvalue weighted by Crippen LogP contribution is -2.24. The Kier molecular flexibility index (Phi) is 15.7. The van der Waals surface area contributed by atoms with E-state index in [2.05, 4.69) is 30.5 Å². The number of esters is 2. The van der Waals surface area contributed by atoms with Crippen LogP contribution in [0.5, 0.6) is 17.2 Å². The molecule has 9 rings (SSSR count). The average Bonchev–Trinajstić information content (AvgIpc) is 4.14. The molecule has 0 aromatic heterocycles. The van der Waals surface area contributed by atoms with Gasteiger partial charge in [-0.25, -0.2) is 23.8 Å². The number of ether oxygens (including phenoxy) is 6. The molecule has 10 nitrogen and oxygen atoms in total. The van der Waals surface area contributed by atoms with E-state index >= 15 is 0 Å². The van der Waals surface area contributed by atoms with E-state index in [-0.39, 0.29) is 29.3 Å². The maximum atomic E-state index is 14.2. The smallest absolute Gasteiger partial charge is 0.338 e. The molecule has 358 valence electrons. The highest BCUT2D eigenvalue weighted by Gasteiger charge is 2.43. The van der Waals surface area contributed by atoms with Gasteiger partial charge in [-0.1, -0.05) is 61.7 Å². The predicted molar refractivity (Wildman–Crippen MR) is 270 cm³/mol. The van der Waals surface area contributed by atoms with E-state index in [4.69, 9.17) is 40.0 Å². The first kappa shape index (κ1) is 48.4. The highest BCUT2D eigenvalue weighted by atomic mass is 32.2. The molecule has 0 N–H and O–H groups in total. The van der Waals surface area contributed by atoms with E-state index in [1.165, 1.54) is 36.7 Å². The number of fused-ring (bicyclic) bond motifs is 3. The molecule has 0 bridgehead atoms. The number of nitrogens with zero attached hydrogens (tertiary/aromatic N) is 2. The maximum Gasteiger partial charge on any atom is 0.338 e. The van der Waals surface area contributed by atoms with Gasteiger partial charge in [-0.3, -0.25) is 0 Å². The van der Waals surface area contributed by atoms with E-state index in [0.717, 1.165) is 81.7 Å². The van der Waals surface area contributed by atoms with Crippen LogP contribution in [-0.4, -0.2) is 61.1 Å². The number of benzene rings is 5. The van der Waals surface area contributed by atoms with E-state index < -0.39 is 11.8 Å². The van der Waals surface area contributed by atoms with Crippen LogP contribution in [0.1, 0.15) is 104 Å². The third kappa shape index (κ3) is 12.4. The molecule has 0 spiro atoms. The van der Waals surface area contributed by atoms with Crippen LogP contribution in [0.25, 0.3) is 15.6 Å². The molecule has 13 heteroatoms. The average molecular weight is 969 g/mol. The minimum Gasteiger partial charge on any atom is -0.493 e. The zero-order valence-electron chi connectivity index (χ0n) is 39.1. The molecule has 1 saturated heterocycles. The van der Waals surface area contributed by atoms with Crippen LogP contribution in [0, 0.1) is 18.3 Å². The van der Waals surface area contributed by atoms with Gasteiger partial charge < -0.3 is 28.4 Å². The number of thioether (sulfide) groups is 2. The highest BCUT2D eigenvalue weighted by Crippen LogP contribution is 2.46. The second-order valence-electron chi connectivity index (χ2n) is 18.3. The van der Waals surface area contributed by atoms with Gasteiger partial charge in [-0.15, -0.1) is 11.8 Å². The fraction of sp³-hybridized carbons (Fsp3) is 0.393. The molecule has 69 heavy (non-hydrogen) atoms. The number of hydrogen-bond acceptors (Lipinski definition) is 11. The summed E-state index contributed by atoms with van der Waals surface area (Å²) in [5.74, 6) is 2.67. The Bertz CT molecular complexity index is 2800. The molecule has 5 aromatic carbocycles. The Morgan fingerprint density at radius 2 is 1.71 bits per heavy atom. The van der Waals surface area contributed by atoms with Gasteiger partial charge >= 0.3 is 11.9 Å². The number of aliphatic imine (C=N–C) groups is 1. The molecule has 0 amide bonds. The SMILES string of the molecule is [C-]#[N+]c1ccc(CCc2ccc3c(c2)CSC(=Nc2cc(C4CCC(OC(=O)c5ccc6cc(OCCCOCC7CCC8OC8C7)ccc6c5)CC4)cc(SCC)c2OC(=O)C(=C)C)O3)cc1F. The van der Waals surface area contributed by atoms with Gasteiger partial charge in [0.05, 0.1) is 35.8 Å². The third-order valence-corrected chi connectivity index (χ3v) is 15.0. The van der Waals surface area contributed by atoms with E-state index in [1.807, 2.05) is 54.6 Å². The van der Waals surface area contributed by atoms with Crippen molar-refractivity contribution in [2.24, 2.45) is 10.9 Å². The number of epoxide rings is 1. The summed E-state index contributed by atoms with van der Waals surface area (Å²) in [6.45, 7) is 16.6. The largest absolute Gasteiger partial charge is 0.493 e. The Balaban J connectivity index is 0.807. The number of carbonyl (C=O) groups is 2. The molecular weight excluding hydrogens is 912 g/mol. The van der Waals surface area contributed by atoms with Gasteiger partial charge in [0.2, 0.25) is 5.69 Å². The molecule has 5 aromatic rings. The van der Waals surface area contributed by atoms with Crippen LogP contribution < -0.4 is 14.2 Å². The second kappa shape index (κ2) is 22.4. The number of aryl methyl sites for hydroxylation is 2. The van der Waals surface area contributed by atoms with Crippen molar-refractivity contribution in [1.29, 1.82) is 0 Å². The summed E-state index contributed by atoms with van der Waals surface area (Å²) < 4.78 is 50.3. The first-order valence-corrected chi connectivity index (χ1v) is 26.0. The standard InChI is InChI=1S/C56H57FN2O8S2/c1-5-68-52-31-42(30-48(53(52)67-54(60)34(2)3)59-56-66-49-21-10-35(25-43(49)33-69-56)7-8-36-9-20-47(58-4)46(57)26-36)38-14-17-44(18-15-38)64-55(61)41-13-12-40-29-45(19-16-39(40)28-41)63-24-6-23-62-32-37-11-22-50-51(27-37)65-50/h9-10,12-13,16,19-21,25-26,28-31,37-38,44,50-51H,2,5-8,11,14-15,17-18,22-24,27,32-33H2,1,3H3. The topological polar surface area (TPSA) is 110 Å². The summed E-state index contributed by atoms with van der Waals surface area (Å²) >= 11 is 3.05. The molecule has 2 heterocycles. The minimum atomic E-state index is -0.528. The van der Waals surface area contributed by atoms with Gasteiger partial charge in [0, 0.05) is 36.5 Å². The second-order valence-corrected chi connectivity index (χ2v) is 20.6. The molecule has 2 aliphatic carbocycles. The summed E-state index contributed by atoms with van der Waals surface area (Å²) in [6, 6.07) is 26.5. The van der Waals surface area contributed by atoms with Crippen molar-refractivity contribution in [1.82, 2.24) is 0 Å². The molecule has 3 fully saturated rings. The Labute approximate surface area is 412 Å². The summed E-state index contributed by atoms with van der Waals surface area (Å²) in [4.78, 5) is 35.5. The normalized spacial score (nSPS) is 21.1. The summed E-state index contributed by atoms with van der Waals surface area (Å²) in [5, 5.41) is 2.37. The summed E-state index contributed by atoms with van der Waals surface area (Å²) in [7, 11) is 0. The van der Waals surface area contributed by atoms with Crippen LogP contribution in [0.15, 0.2) is 107 Å². The number of carbonyl (C=O) groups excluding carboxylic acids is 2.